The lowest BCUT2D eigenvalue weighted by molar-refractivity contribution is 0.531. The SMILES string of the molecule is Cc1cccc2oc(CCN=C(N)Nc3cccc(C(C)C)c3)nc12.I. The van der Waals surface area contributed by atoms with E-state index in [0.29, 0.717) is 30.7 Å². The summed E-state index contributed by atoms with van der Waals surface area (Å²) in [5.74, 6) is 1.55. The van der Waals surface area contributed by atoms with Crippen LogP contribution in [0.3, 0.4) is 0 Å². The molecule has 0 bridgehead atoms. The molecule has 0 aliphatic heterocycles. The molecule has 5 nitrogen and oxygen atoms in total. The summed E-state index contributed by atoms with van der Waals surface area (Å²) >= 11 is 0. The van der Waals surface area contributed by atoms with Gasteiger partial charge in [-0.25, -0.2) is 4.98 Å². The highest BCUT2D eigenvalue weighted by atomic mass is 127. The van der Waals surface area contributed by atoms with Gasteiger partial charge in [0, 0.05) is 12.1 Å². The van der Waals surface area contributed by atoms with Gasteiger partial charge < -0.3 is 15.5 Å². The Balaban J connectivity index is 0.00000243. The largest absolute Gasteiger partial charge is 0.441 e. The number of nitrogens with one attached hydrogen (secondary N) is 1. The molecule has 0 saturated carbocycles. The number of rotatable bonds is 5. The smallest absolute Gasteiger partial charge is 0.197 e. The van der Waals surface area contributed by atoms with Crippen LogP contribution in [0.5, 0.6) is 0 Å². The fourth-order valence-corrected chi connectivity index (χ4v) is 2.67. The monoisotopic (exact) mass is 464 g/mol. The number of halogens is 1. The van der Waals surface area contributed by atoms with Crippen molar-refractivity contribution in [3.63, 3.8) is 0 Å². The minimum Gasteiger partial charge on any atom is -0.441 e. The molecule has 2 aromatic carbocycles. The Morgan fingerprint density at radius 1 is 1.23 bits per heavy atom. The van der Waals surface area contributed by atoms with Crippen LogP contribution >= 0.6 is 24.0 Å². The van der Waals surface area contributed by atoms with E-state index < -0.39 is 0 Å². The molecule has 0 aliphatic carbocycles. The van der Waals surface area contributed by atoms with E-state index in [0.717, 1.165) is 22.4 Å². The summed E-state index contributed by atoms with van der Waals surface area (Å²) in [5, 5.41) is 3.14. The molecular formula is C20H25IN4O. The predicted octanol–water partition coefficient (Wildman–Crippen LogP) is 4.85. The molecule has 0 radical (unpaired) electrons. The lowest BCUT2D eigenvalue weighted by atomic mass is 10.0. The maximum Gasteiger partial charge on any atom is 0.197 e. The number of benzene rings is 2. The van der Waals surface area contributed by atoms with Crippen LogP contribution in [-0.4, -0.2) is 17.5 Å². The normalized spacial score (nSPS) is 11.6. The van der Waals surface area contributed by atoms with Crippen molar-refractivity contribution >= 4 is 46.7 Å². The van der Waals surface area contributed by atoms with Gasteiger partial charge in [0.2, 0.25) is 0 Å². The second-order valence-electron chi connectivity index (χ2n) is 6.45. The van der Waals surface area contributed by atoms with E-state index in [-0.39, 0.29) is 24.0 Å². The molecule has 0 aliphatic rings. The Bertz CT molecular complexity index is 902. The zero-order chi connectivity index (χ0) is 17.8. The summed E-state index contributed by atoms with van der Waals surface area (Å²) < 4.78 is 5.75. The van der Waals surface area contributed by atoms with E-state index in [1.807, 2.05) is 37.3 Å². The van der Waals surface area contributed by atoms with E-state index in [9.17, 15) is 0 Å². The van der Waals surface area contributed by atoms with Gasteiger partial charge in [0.25, 0.3) is 0 Å². The quantitative estimate of drug-likeness (QED) is 0.322. The number of para-hydroxylation sites is 1. The third-order valence-corrected chi connectivity index (χ3v) is 4.10. The Morgan fingerprint density at radius 3 is 2.73 bits per heavy atom. The van der Waals surface area contributed by atoms with Crippen LogP contribution in [0.25, 0.3) is 11.1 Å². The van der Waals surface area contributed by atoms with Crippen LogP contribution in [0.2, 0.25) is 0 Å². The molecule has 0 unspecified atom stereocenters. The number of guanidine groups is 1. The van der Waals surface area contributed by atoms with Gasteiger partial charge in [-0.05, 0) is 42.2 Å². The lowest BCUT2D eigenvalue weighted by Crippen LogP contribution is -2.23. The van der Waals surface area contributed by atoms with Gasteiger partial charge in [0.05, 0.1) is 6.54 Å². The Hall–Kier alpha value is -2.09. The fraction of sp³-hybridized carbons (Fsp3) is 0.300. The van der Waals surface area contributed by atoms with E-state index in [1.165, 1.54) is 5.56 Å². The number of nitrogens with two attached hydrogens (primary N) is 1. The topological polar surface area (TPSA) is 76.4 Å². The summed E-state index contributed by atoms with van der Waals surface area (Å²) in [6.07, 6.45) is 0.614. The molecule has 1 heterocycles. The highest BCUT2D eigenvalue weighted by molar-refractivity contribution is 14.0. The molecule has 0 spiro atoms. The van der Waals surface area contributed by atoms with Gasteiger partial charge in [0.15, 0.2) is 17.4 Å². The van der Waals surface area contributed by atoms with E-state index in [2.05, 4.69) is 41.3 Å². The molecule has 1 aromatic heterocycles. The molecule has 0 amide bonds. The van der Waals surface area contributed by atoms with Gasteiger partial charge in [-0.15, -0.1) is 24.0 Å². The minimum absolute atomic E-state index is 0. The lowest BCUT2D eigenvalue weighted by Gasteiger charge is -2.09. The second-order valence-corrected chi connectivity index (χ2v) is 6.45. The molecular weight excluding hydrogens is 439 g/mol. The first-order chi connectivity index (χ1) is 12.0. The van der Waals surface area contributed by atoms with E-state index in [1.54, 1.807) is 0 Å². The summed E-state index contributed by atoms with van der Waals surface area (Å²) in [7, 11) is 0. The van der Waals surface area contributed by atoms with Gasteiger partial charge in [-0.1, -0.05) is 38.1 Å². The van der Waals surface area contributed by atoms with Crippen molar-refractivity contribution in [1.82, 2.24) is 4.98 Å². The molecule has 3 aromatic rings. The van der Waals surface area contributed by atoms with Gasteiger partial charge in [-0.2, -0.15) is 0 Å². The number of oxazole rings is 1. The van der Waals surface area contributed by atoms with Crippen molar-refractivity contribution in [2.24, 2.45) is 10.7 Å². The number of nitrogens with zero attached hydrogens (tertiary/aromatic N) is 2. The van der Waals surface area contributed by atoms with Crippen molar-refractivity contribution in [3.8, 4) is 0 Å². The summed E-state index contributed by atoms with van der Waals surface area (Å²) in [6.45, 7) is 6.88. The first-order valence-electron chi connectivity index (χ1n) is 8.55. The highest BCUT2D eigenvalue weighted by Crippen LogP contribution is 2.19. The third kappa shape index (κ3) is 4.97. The van der Waals surface area contributed by atoms with E-state index >= 15 is 0 Å². The minimum atomic E-state index is 0. The molecule has 26 heavy (non-hydrogen) atoms. The van der Waals surface area contributed by atoms with Crippen molar-refractivity contribution in [2.45, 2.75) is 33.1 Å². The molecule has 0 fully saturated rings. The van der Waals surface area contributed by atoms with E-state index in [4.69, 9.17) is 10.2 Å². The maximum atomic E-state index is 5.98. The Morgan fingerprint density at radius 2 is 2.00 bits per heavy atom. The zero-order valence-corrected chi connectivity index (χ0v) is 17.7. The molecule has 0 atom stereocenters. The number of fused-ring (bicyclic) bond motifs is 1. The van der Waals surface area contributed by atoms with Crippen LogP contribution < -0.4 is 11.1 Å². The van der Waals surface area contributed by atoms with Gasteiger partial charge in [-0.3, -0.25) is 4.99 Å². The number of aryl methyl sites for hydroxylation is 1. The van der Waals surface area contributed by atoms with Gasteiger partial charge >= 0.3 is 0 Å². The van der Waals surface area contributed by atoms with Crippen molar-refractivity contribution < 1.29 is 4.42 Å². The zero-order valence-electron chi connectivity index (χ0n) is 15.3. The van der Waals surface area contributed by atoms with Crippen molar-refractivity contribution in [2.75, 3.05) is 11.9 Å². The molecule has 6 heteroatoms. The van der Waals surface area contributed by atoms with Crippen LogP contribution in [0, 0.1) is 6.92 Å². The van der Waals surface area contributed by atoms with Crippen LogP contribution in [0.4, 0.5) is 5.69 Å². The highest BCUT2D eigenvalue weighted by Gasteiger charge is 2.07. The first-order valence-corrected chi connectivity index (χ1v) is 8.55. The Kier molecular flexibility index (Phi) is 7.02. The second kappa shape index (κ2) is 9.02. The first kappa shape index (κ1) is 20.2. The third-order valence-electron chi connectivity index (χ3n) is 4.10. The Labute approximate surface area is 171 Å². The van der Waals surface area contributed by atoms with Crippen molar-refractivity contribution in [3.05, 3.63) is 59.5 Å². The number of hydrogen-bond acceptors (Lipinski definition) is 3. The molecule has 0 saturated heterocycles. The maximum absolute atomic E-state index is 5.98. The summed E-state index contributed by atoms with van der Waals surface area (Å²) in [6, 6.07) is 14.1. The number of aromatic nitrogens is 1. The average molecular weight is 464 g/mol. The average Bonchev–Trinajstić information content (AvgIpc) is 2.99. The number of anilines is 1. The summed E-state index contributed by atoms with van der Waals surface area (Å²) in [5.41, 5.74) is 11.0. The fourth-order valence-electron chi connectivity index (χ4n) is 2.67. The van der Waals surface area contributed by atoms with Crippen LogP contribution in [0.15, 0.2) is 51.9 Å². The van der Waals surface area contributed by atoms with Gasteiger partial charge in [0.1, 0.15) is 5.52 Å². The number of aliphatic imine (C=N–C) groups is 1. The van der Waals surface area contributed by atoms with Crippen LogP contribution in [0.1, 0.15) is 36.8 Å². The predicted molar refractivity (Wildman–Crippen MR) is 119 cm³/mol. The molecule has 138 valence electrons. The van der Waals surface area contributed by atoms with Crippen molar-refractivity contribution in [1.29, 1.82) is 0 Å². The standard InChI is InChI=1S/C20H24N4O.HI/c1-13(2)15-7-5-8-16(12-15)23-20(21)22-11-10-18-24-19-14(3)6-4-9-17(19)25-18;/h4-9,12-13H,10-11H2,1-3H3,(H3,21,22,23);1H. The molecule has 3 N–H and O–H groups in total. The summed E-state index contributed by atoms with van der Waals surface area (Å²) in [4.78, 5) is 8.89. The van der Waals surface area contributed by atoms with Crippen LogP contribution in [-0.2, 0) is 6.42 Å². The molecule has 3 rings (SSSR count). The number of hydrogen-bond donors (Lipinski definition) is 2.